The minimum atomic E-state index is 0.392. The van der Waals surface area contributed by atoms with E-state index in [2.05, 4.69) is 48.4 Å². The lowest BCUT2D eigenvalue weighted by Gasteiger charge is -2.19. The molecule has 0 amide bonds. The average Bonchev–Trinajstić information content (AvgIpc) is 2.47. The third-order valence-corrected chi connectivity index (χ3v) is 4.15. The zero-order chi connectivity index (χ0) is 13.5. The molecular formula is C16H22N2S. The van der Waals surface area contributed by atoms with Crippen LogP contribution in [0.1, 0.15) is 31.9 Å². The molecule has 2 rings (SSSR count). The van der Waals surface area contributed by atoms with Gasteiger partial charge in [0.1, 0.15) is 0 Å². The second-order valence-corrected chi connectivity index (χ2v) is 5.91. The van der Waals surface area contributed by atoms with Crippen LogP contribution >= 0.6 is 11.8 Å². The maximum absolute atomic E-state index is 4.57. The normalized spacial score (nSPS) is 12.7. The average molecular weight is 274 g/mol. The fourth-order valence-corrected chi connectivity index (χ4v) is 2.99. The van der Waals surface area contributed by atoms with Crippen LogP contribution in [-0.4, -0.2) is 23.0 Å². The van der Waals surface area contributed by atoms with E-state index in [4.69, 9.17) is 0 Å². The number of hydrogen-bond acceptors (Lipinski definition) is 3. The molecule has 0 aliphatic rings. The van der Waals surface area contributed by atoms with Gasteiger partial charge in [0, 0.05) is 23.4 Å². The van der Waals surface area contributed by atoms with Gasteiger partial charge < -0.3 is 5.32 Å². The Hall–Kier alpha value is -1.06. The number of pyridine rings is 1. The van der Waals surface area contributed by atoms with Crippen molar-refractivity contribution < 1.29 is 0 Å². The van der Waals surface area contributed by atoms with E-state index in [9.17, 15) is 0 Å². The van der Waals surface area contributed by atoms with Gasteiger partial charge in [-0.15, -0.1) is 0 Å². The van der Waals surface area contributed by atoms with Crippen LogP contribution in [0.25, 0.3) is 10.9 Å². The molecule has 1 aromatic heterocycles. The van der Waals surface area contributed by atoms with Crippen LogP contribution < -0.4 is 5.32 Å². The topological polar surface area (TPSA) is 24.9 Å². The van der Waals surface area contributed by atoms with Gasteiger partial charge >= 0.3 is 0 Å². The van der Waals surface area contributed by atoms with E-state index in [0.717, 1.165) is 30.0 Å². The molecule has 1 unspecified atom stereocenters. The van der Waals surface area contributed by atoms with E-state index in [-0.39, 0.29) is 0 Å². The highest BCUT2D eigenvalue weighted by atomic mass is 32.2. The standard InChI is InChI=1S/C16H22N2S/c1-3-10-17-15(12-19-4-2)14-9-5-7-13-8-6-11-18-16(13)14/h5-9,11,15,17H,3-4,10,12H2,1-2H3. The van der Waals surface area contributed by atoms with Crippen molar-refractivity contribution in [1.82, 2.24) is 10.3 Å². The van der Waals surface area contributed by atoms with E-state index in [1.165, 1.54) is 10.9 Å². The Bertz CT molecular complexity index is 500. The summed E-state index contributed by atoms with van der Waals surface area (Å²) in [5.41, 5.74) is 2.46. The summed E-state index contributed by atoms with van der Waals surface area (Å²) >= 11 is 1.98. The molecule has 102 valence electrons. The van der Waals surface area contributed by atoms with Gasteiger partial charge in [0.25, 0.3) is 0 Å². The van der Waals surface area contributed by atoms with Crippen molar-refractivity contribution in [2.24, 2.45) is 0 Å². The highest BCUT2D eigenvalue weighted by Crippen LogP contribution is 2.25. The largest absolute Gasteiger partial charge is 0.309 e. The summed E-state index contributed by atoms with van der Waals surface area (Å²) in [6, 6.07) is 11.0. The Kier molecular flexibility index (Phi) is 5.67. The predicted octanol–water partition coefficient (Wildman–Crippen LogP) is 4.03. The smallest absolute Gasteiger partial charge is 0.0750 e. The molecule has 1 atom stereocenters. The van der Waals surface area contributed by atoms with Gasteiger partial charge in [0.2, 0.25) is 0 Å². The summed E-state index contributed by atoms with van der Waals surface area (Å²) in [7, 11) is 0. The Morgan fingerprint density at radius 1 is 1.21 bits per heavy atom. The van der Waals surface area contributed by atoms with Gasteiger partial charge in [0.15, 0.2) is 0 Å². The van der Waals surface area contributed by atoms with E-state index in [0.29, 0.717) is 6.04 Å². The highest BCUT2D eigenvalue weighted by molar-refractivity contribution is 7.99. The van der Waals surface area contributed by atoms with Crippen LogP contribution in [0.4, 0.5) is 0 Å². The molecule has 0 radical (unpaired) electrons. The van der Waals surface area contributed by atoms with E-state index in [1.807, 2.05) is 24.0 Å². The van der Waals surface area contributed by atoms with Crippen molar-refractivity contribution in [2.75, 3.05) is 18.1 Å². The van der Waals surface area contributed by atoms with Crippen molar-refractivity contribution in [3.8, 4) is 0 Å². The molecular weight excluding hydrogens is 252 g/mol. The first-order valence-electron chi connectivity index (χ1n) is 7.01. The summed E-state index contributed by atoms with van der Waals surface area (Å²) in [5, 5.41) is 4.88. The molecule has 19 heavy (non-hydrogen) atoms. The van der Waals surface area contributed by atoms with Crippen molar-refractivity contribution in [1.29, 1.82) is 0 Å². The molecule has 0 saturated heterocycles. The molecule has 0 saturated carbocycles. The zero-order valence-electron chi connectivity index (χ0n) is 11.7. The number of nitrogens with zero attached hydrogens (tertiary/aromatic N) is 1. The Morgan fingerprint density at radius 3 is 2.84 bits per heavy atom. The number of hydrogen-bond donors (Lipinski definition) is 1. The molecule has 0 spiro atoms. The molecule has 0 bridgehead atoms. The molecule has 1 aromatic carbocycles. The second-order valence-electron chi connectivity index (χ2n) is 4.59. The molecule has 2 aromatic rings. The van der Waals surface area contributed by atoms with Gasteiger partial charge in [-0.05, 0) is 30.3 Å². The van der Waals surface area contributed by atoms with Crippen molar-refractivity contribution in [2.45, 2.75) is 26.3 Å². The van der Waals surface area contributed by atoms with Gasteiger partial charge in [0.05, 0.1) is 5.52 Å². The lowest BCUT2D eigenvalue weighted by atomic mass is 10.0. The summed E-state index contributed by atoms with van der Waals surface area (Å²) < 4.78 is 0. The Labute approximate surface area is 120 Å². The molecule has 1 N–H and O–H groups in total. The van der Waals surface area contributed by atoms with Crippen molar-refractivity contribution >= 4 is 22.7 Å². The van der Waals surface area contributed by atoms with Crippen LogP contribution in [-0.2, 0) is 0 Å². The van der Waals surface area contributed by atoms with Crippen LogP contribution in [0.3, 0.4) is 0 Å². The van der Waals surface area contributed by atoms with Gasteiger partial charge in [-0.3, -0.25) is 4.98 Å². The van der Waals surface area contributed by atoms with Crippen LogP contribution in [0.2, 0.25) is 0 Å². The summed E-state index contributed by atoms with van der Waals surface area (Å²) in [4.78, 5) is 4.57. The molecule has 3 heteroatoms. The minimum Gasteiger partial charge on any atom is -0.309 e. The summed E-state index contributed by atoms with van der Waals surface area (Å²) in [6.45, 7) is 5.47. The number of fused-ring (bicyclic) bond motifs is 1. The maximum Gasteiger partial charge on any atom is 0.0750 e. The highest BCUT2D eigenvalue weighted by Gasteiger charge is 2.13. The summed E-state index contributed by atoms with van der Waals surface area (Å²) in [6.07, 6.45) is 3.04. The van der Waals surface area contributed by atoms with Crippen molar-refractivity contribution in [3.05, 3.63) is 42.1 Å². The number of benzene rings is 1. The number of aromatic nitrogens is 1. The number of nitrogens with one attached hydrogen (secondary N) is 1. The first kappa shape index (κ1) is 14.4. The quantitative estimate of drug-likeness (QED) is 0.825. The van der Waals surface area contributed by atoms with Crippen LogP contribution in [0.5, 0.6) is 0 Å². The van der Waals surface area contributed by atoms with Gasteiger partial charge in [-0.25, -0.2) is 0 Å². The molecule has 0 aliphatic heterocycles. The molecule has 0 aliphatic carbocycles. The van der Waals surface area contributed by atoms with Crippen LogP contribution in [0, 0.1) is 0 Å². The maximum atomic E-state index is 4.57. The fourth-order valence-electron chi connectivity index (χ4n) is 2.22. The van der Waals surface area contributed by atoms with E-state index >= 15 is 0 Å². The zero-order valence-corrected chi connectivity index (χ0v) is 12.5. The van der Waals surface area contributed by atoms with Gasteiger partial charge in [-0.2, -0.15) is 11.8 Å². The fraction of sp³-hybridized carbons (Fsp3) is 0.438. The van der Waals surface area contributed by atoms with Gasteiger partial charge in [-0.1, -0.05) is 38.1 Å². The summed E-state index contributed by atoms with van der Waals surface area (Å²) in [5.74, 6) is 2.26. The lowest BCUT2D eigenvalue weighted by molar-refractivity contribution is 0.580. The monoisotopic (exact) mass is 274 g/mol. The Morgan fingerprint density at radius 2 is 2.05 bits per heavy atom. The predicted molar refractivity (Wildman–Crippen MR) is 85.8 cm³/mol. The van der Waals surface area contributed by atoms with E-state index in [1.54, 1.807) is 0 Å². The van der Waals surface area contributed by atoms with Crippen molar-refractivity contribution in [3.63, 3.8) is 0 Å². The first-order valence-corrected chi connectivity index (χ1v) is 8.17. The number of thioether (sulfide) groups is 1. The molecule has 1 heterocycles. The molecule has 0 fully saturated rings. The third kappa shape index (κ3) is 3.71. The number of rotatable bonds is 7. The van der Waals surface area contributed by atoms with Crippen LogP contribution in [0.15, 0.2) is 36.5 Å². The SMILES string of the molecule is CCCNC(CSCC)c1cccc2cccnc12. The lowest BCUT2D eigenvalue weighted by Crippen LogP contribution is -2.24. The number of para-hydroxylation sites is 1. The minimum absolute atomic E-state index is 0.392. The second kappa shape index (κ2) is 7.51. The first-order chi connectivity index (χ1) is 9.36. The van der Waals surface area contributed by atoms with E-state index < -0.39 is 0 Å². The third-order valence-electron chi connectivity index (χ3n) is 3.17. The Balaban J connectivity index is 2.31. The molecule has 2 nitrogen and oxygen atoms in total.